The first-order chi connectivity index (χ1) is 11.5. The van der Waals surface area contributed by atoms with Gasteiger partial charge < -0.3 is 14.4 Å². The topological polar surface area (TPSA) is 54.9 Å². The molecule has 0 saturated carbocycles. The lowest BCUT2D eigenvalue weighted by atomic mass is 10.3. The van der Waals surface area contributed by atoms with Crippen LogP contribution in [0.15, 0.2) is 12.1 Å². The fourth-order valence-corrected chi connectivity index (χ4v) is 3.70. The van der Waals surface area contributed by atoms with Gasteiger partial charge in [0.25, 0.3) is 0 Å². The van der Waals surface area contributed by atoms with E-state index in [-0.39, 0.29) is 18.3 Å². The highest BCUT2D eigenvalue weighted by Gasteiger charge is 2.20. The summed E-state index contributed by atoms with van der Waals surface area (Å²) in [6, 6.07) is 3.69. The van der Waals surface area contributed by atoms with E-state index in [0.29, 0.717) is 17.4 Å². The molecule has 1 amide bonds. The molecule has 0 aliphatic rings. The Hall–Kier alpha value is -1.57. The minimum Gasteiger partial charge on any atom is -0.495 e. The van der Waals surface area contributed by atoms with Gasteiger partial charge in [0, 0.05) is 20.0 Å². The Morgan fingerprint density at radius 2 is 1.72 bits per heavy atom. The molecule has 0 fully saturated rings. The second kappa shape index (κ2) is 9.79. The van der Waals surface area contributed by atoms with E-state index in [2.05, 4.69) is 23.7 Å². The number of hydrogen-bond acceptors (Lipinski definition) is 6. The van der Waals surface area contributed by atoms with Gasteiger partial charge in [-0.1, -0.05) is 25.2 Å². The first kappa shape index (κ1) is 21.5. The van der Waals surface area contributed by atoms with Crippen molar-refractivity contribution in [3.8, 4) is 11.5 Å². The number of benzene rings is 1. The molecule has 8 heteroatoms. The van der Waals surface area contributed by atoms with Crippen LogP contribution in [0.3, 0.4) is 0 Å². The third-order valence-electron chi connectivity index (χ3n) is 4.04. The maximum atomic E-state index is 12.1. The maximum absolute atomic E-state index is 12.1. The molecule has 6 nitrogen and oxygen atoms in total. The van der Waals surface area contributed by atoms with E-state index >= 15 is 0 Å². The molecular formula is C17H26ClN3O3S. The quantitative estimate of drug-likeness (QED) is 0.694. The predicted octanol–water partition coefficient (Wildman–Crippen LogP) is 3.43. The summed E-state index contributed by atoms with van der Waals surface area (Å²) in [6.45, 7) is 9.17. The number of methoxy groups -OCH3 is 2. The van der Waals surface area contributed by atoms with Crippen molar-refractivity contribution in [1.82, 2.24) is 9.88 Å². The third-order valence-corrected chi connectivity index (χ3v) is 5.14. The number of thiazole rings is 1. The van der Waals surface area contributed by atoms with Crippen LogP contribution < -0.4 is 14.4 Å². The van der Waals surface area contributed by atoms with Crippen LogP contribution in [-0.4, -0.2) is 56.2 Å². The molecule has 0 aliphatic heterocycles. The molecule has 0 saturated heterocycles. The Kier molecular flexibility index (Phi) is 8.41. The van der Waals surface area contributed by atoms with Crippen LogP contribution in [0, 0.1) is 0 Å². The lowest BCUT2D eigenvalue weighted by Gasteiger charge is -2.23. The van der Waals surface area contributed by atoms with Gasteiger partial charge in [0.15, 0.2) is 5.13 Å². The molecule has 2 aromatic rings. The highest BCUT2D eigenvalue weighted by Crippen LogP contribution is 2.40. The summed E-state index contributed by atoms with van der Waals surface area (Å²) in [5, 5.41) is 0.674. The Morgan fingerprint density at radius 1 is 1.12 bits per heavy atom. The number of fused-ring (bicyclic) bond motifs is 1. The van der Waals surface area contributed by atoms with Crippen molar-refractivity contribution in [2.24, 2.45) is 0 Å². The summed E-state index contributed by atoms with van der Waals surface area (Å²) in [5.74, 6) is 1.40. The lowest BCUT2D eigenvalue weighted by Crippen LogP contribution is -2.37. The van der Waals surface area contributed by atoms with Gasteiger partial charge in [-0.3, -0.25) is 9.69 Å². The average molecular weight is 388 g/mol. The van der Waals surface area contributed by atoms with Crippen molar-refractivity contribution in [3.05, 3.63) is 12.1 Å². The molecule has 140 valence electrons. The van der Waals surface area contributed by atoms with Gasteiger partial charge in [0.1, 0.15) is 21.7 Å². The summed E-state index contributed by atoms with van der Waals surface area (Å²) in [5.41, 5.74) is 0.728. The zero-order valence-electron chi connectivity index (χ0n) is 15.4. The van der Waals surface area contributed by atoms with Crippen molar-refractivity contribution < 1.29 is 14.3 Å². The summed E-state index contributed by atoms with van der Waals surface area (Å²) in [6.07, 6.45) is 0. The number of anilines is 1. The minimum absolute atomic E-state index is 0. The smallest absolute Gasteiger partial charge is 0.225 e. The summed E-state index contributed by atoms with van der Waals surface area (Å²) >= 11 is 1.45. The molecular weight excluding hydrogens is 362 g/mol. The molecule has 0 N–H and O–H groups in total. The van der Waals surface area contributed by atoms with Crippen molar-refractivity contribution in [2.75, 3.05) is 45.3 Å². The van der Waals surface area contributed by atoms with Gasteiger partial charge in [-0.2, -0.15) is 0 Å². The van der Waals surface area contributed by atoms with E-state index in [4.69, 9.17) is 9.47 Å². The van der Waals surface area contributed by atoms with Crippen molar-refractivity contribution in [1.29, 1.82) is 0 Å². The highest BCUT2D eigenvalue weighted by atomic mass is 35.5. The normalized spacial score (nSPS) is 10.6. The van der Waals surface area contributed by atoms with Gasteiger partial charge >= 0.3 is 0 Å². The van der Waals surface area contributed by atoms with Gasteiger partial charge in [0.05, 0.1) is 14.2 Å². The Morgan fingerprint density at radius 3 is 2.24 bits per heavy atom. The Labute approximate surface area is 159 Å². The third kappa shape index (κ3) is 4.74. The van der Waals surface area contributed by atoms with Crippen LogP contribution in [0.4, 0.5) is 5.13 Å². The molecule has 0 atom stereocenters. The highest BCUT2D eigenvalue weighted by molar-refractivity contribution is 7.22. The number of hydrogen-bond donors (Lipinski definition) is 0. The molecule has 1 aromatic carbocycles. The van der Waals surface area contributed by atoms with Gasteiger partial charge in [0.2, 0.25) is 5.91 Å². The summed E-state index contributed by atoms with van der Waals surface area (Å²) < 4.78 is 11.7. The fraction of sp³-hybridized carbons (Fsp3) is 0.529. The van der Waals surface area contributed by atoms with Crippen LogP contribution in [0.5, 0.6) is 11.5 Å². The standard InChI is InChI=1S/C17H25N3O3S.ClH/c1-6-19(7-2)10-11-20(12(3)21)17-18-15-13(22-4)8-9-14(23-5)16(15)24-17;/h8-9H,6-7,10-11H2,1-5H3;1H. The zero-order valence-corrected chi connectivity index (χ0v) is 17.0. The zero-order chi connectivity index (χ0) is 17.7. The number of rotatable bonds is 8. The summed E-state index contributed by atoms with van der Waals surface area (Å²) in [7, 11) is 3.24. The van der Waals surface area contributed by atoms with Crippen LogP contribution in [0.2, 0.25) is 0 Å². The van der Waals surface area contributed by atoms with Gasteiger partial charge in [-0.25, -0.2) is 4.98 Å². The SMILES string of the molecule is CCN(CC)CCN(C(C)=O)c1nc2c(OC)ccc(OC)c2s1.Cl. The molecule has 0 spiro atoms. The number of carbonyl (C=O) groups is 1. The second-order valence-corrected chi connectivity index (χ2v) is 6.32. The molecule has 1 heterocycles. The van der Waals surface area contributed by atoms with Crippen molar-refractivity contribution in [2.45, 2.75) is 20.8 Å². The largest absolute Gasteiger partial charge is 0.495 e. The molecule has 1 aromatic heterocycles. The molecule has 0 unspecified atom stereocenters. The monoisotopic (exact) mass is 387 g/mol. The van der Waals surface area contributed by atoms with Gasteiger partial charge in [-0.15, -0.1) is 12.4 Å². The predicted molar refractivity (Wildman–Crippen MR) is 106 cm³/mol. The van der Waals surface area contributed by atoms with Gasteiger partial charge in [-0.05, 0) is 25.2 Å². The van der Waals surface area contributed by atoms with Crippen LogP contribution >= 0.6 is 23.7 Å². The number of likely N-dealkylation sites (N-methyl/N-ethyl adjacent to an activating group) is 1. The second-order valence-electron chi connectivity index (χ2n) is 5.34. The van der Waals surface area contributed by atoms with Crippen LogP contribution in [0.25, 0.3) is 10.2 Å². The van der Waals surface area contributed by atoms with Crippen LogP contribution in [0.1, 0.15) is 20.8 Å². The van der Waals surface area contributed by atoms with E-state index < -0.39 is 0 Å². The van der Waals surface area contributed by atoms with E-state index in [1.807, 2.05) is 12.1 Å². The maximum Gasteiger partial charge on any atom is 0.225 e. The number of aromatic nitrogens is 1. The van der Waals surface area contributed by atoms with E-state index in [1.165, 1.54) is 11.3 Å². The first-order valence-electron chi connectivity index (χ1n) is 8.07. The fourth-order valence-electron chi connectivity index (χ4n) is 2.56. The first-order valence-corrected chi connectivity index (χ1v) is 8.89. The molecule has 2 rings (SSSR count). The van der Waals surface area contributed by atoms with Crippen molar-refractivity contribution >= 4 is 45.0 Å². The molecule has 0 radical (unpaired) electrons. The lowest BCUT2D eigenvalue weighted by molar-refractivity contribution is -0.116. The van der Waals surface area contributed by atoms with E-state index in [0.717, 1.165) is 35.6 Å². The molecule has 25 heavy (non-hydrogen) atoms. The summed E-state index contributed by atoms with van der Waals surface area (Å²) in [4.78, 5) is 20.8. The number of carbonyl (C=O) groups excluding carboxylic acids is 1. The molecule has 0 bridgehead atoms. The Balaban J connectivity index is 0.00000312. The number of nitrogens with zero attached hydrogens (tertiary/aromatic N) is 3. The number of ether oxygens (including phenoxy) is 2. The van der Waals surface area contributed by atoms with E-state index in [9.17, 15) is 4.79 Å². The van der Waals surface area contributed by atoms with Crippen molar-refractivity contribution in [3.63, 3.8) is 0 Å². The number of halogens is 1. The average Bonchev–Trinajstić information content (AvgIpc) is 3.02. The van der Waals surface area contributed by atoms with E-state index in [1.54, 1.807) is 26.0 Å². The Bertz CT molecular complexity index is 663. The minimum atomic E-state index is -0.0147. The molecule has 0 aliphatic carbocycles. The van der Waals surface area contributed by atoms with Crippen LogP contribution in [-0.2, 0) is 4.79 Å². The number of amides is 1.